The lowest BCUT2D eigenvalue weighted by Crippen LogP contribution is -2.40. The van der Waals surface area contributed by atoms with Gasteiger partial charge in [0, 0.05) is 20.0 Å². The summed E-state index contributed by atoms with van der Waals surface area (Å²) >= 11 is 0. The summed E-state index contributed by atoms with van der Waals surface area (Å²) in [6.45, 7) is 4.21. The first-order valence-electron chi connectivity index (χ1n) is 6.99. The van der Waals surface area contributed by atoms with Gasteiger partial charge in [0.25, 0.3) is 0 Å². The van der Waals surface area contributed by atoms with Gasteiger partial charge in [-0.3, -0.25) is 4.79 Å². The summed E-state index contributed by atoms with van der Waals surface area (Å²) in [4.78, 5) is 11.0. The lowest BCUT2D eigenvalue weighted by Gasteiger charge is -2.30. The third kappa shape index (κ3) is 4.62. The number of carbonyl (C=O) groups is 1. The van der Waals surface area contributed by atoms with E-state index in [-0.39, 0.29) is 23.7 Å². The number of benzene rings is 1. The molecular formula is C15H18F3NO3. The fraction of sp³-hybridized carbons (Fsp3) is 0.533. The third-order valence-electron chi connectivity index (χ3n) is 3.54. The Bertz CT molecular complexity index is 545. The zero-order valence-corrected chi connectivity index (χ0v) is 12.4. The van der Waals surface area contributed by atoms with Gasteiger partial charge in [0.15, 0.2) is 0 Å². The molecule has 0 aromatic heterocycles. The van der Waals surface area contributed by atoms with Crippen LogP contribution in [0.4, 0.5) is 13.2 Å². The first-order chi connectivity index (χ1) is 10.2. The number of piperidine rings is 1. The zero-order valence-electron chi connectivity index (χ0n) is 12.4. The average Bonchev–Trinajstić information content (AvgIpc) is 2.39. The molecule has 0 spiro atoms. The molecular weight excluding hydrogens is 299 g/mol. The number of aryl methyl sites for hydroxylation is 1. The quantitative estimate of drug-likeness (QED) is 0.871. The van der Waals surface area contributed by atoms with Gasteiger partial charge in [0.2, 0.25) is 0 Å². The molecule has 2 rings (SSSR count). The molecule has 4 nitrogen and oxygen atoms in total. The number of hydrogen-bond donors (Lipinski definition) is 1. The third-order valence-corrected chi connectivity index (χ3v) is 3.54. The summed E-state index contributed by atoms with van der Waals surface area (Å²) in [6, 6.07) is 4.63. The maximum absolute atomic E-state index is 12.3. The van der Waals surface area contributed by atoms with Crippen LogP contribution in [0.25, 0.3) is 0 Å². The summed E-state index contributed by atoms with van der Waals surface area (Å²) in [7, 11) is 0. The van der Waals surface area contributed by atoms with Gasteiger partial charge in [-0.1, -0.05) is 12.1 Å². The van der Waals surface area contributed by atoms with E-state index in [0.717, 1.165) is 5.56 Å². The van der Waals surface area contributed by atoms with Crippen LogP contribution in [0.5, 0.6) is 5.75 Å². The Morgan fingerprint density at radius 2 is 2.05 bits per heavy atom. The molecule has 122 valence electrons. The minimum absolute atomic E-state index is 0.0803. The maximum atomic E-state index is 12.3. The Balaban J connectivity index is 2.09. The van der Waals surface area contributed by atoms with E-state index in [0.29, 0.717) is 25.1 Å². The van der Waals surface area contributed by atoms with Crippen molar-refractivity contribution in [3.8, 4) is 5.75 Å². The van der Waals surface area contributed by atoms with Gasteiger partial charge in [0.1, 0.15) is 11.9 Å². The van der Waals surface area contributed by atoms with E-state index in [1.54, 1.807) is 19.1 Å². The molecule has 1 heterocycles. The fourth-order valence-electron chi connectivity index (χ4n) is 2.65. The highest BCUT2D eigenvalue weighted by Gasteiger charge is 2.32. The zero-order chi connectivity index (χ0) is 16.3. The highest BCUT2D eigenvalue weighted by molar-refractivity contribution is 5.66. The van der Waals surface area contributed by atoms with Crippen molar-refractivity contribution in [2.24, 2.45) is 0 Å². The highest BCUT2D eigenvalue weighted by Crippen LogP contribution is 2.31. The summed E-state index contributed by atoms with van der Waals surface area (Å²) in [6.07, 6.45) is -4.27. The molecule has 1 fully saturated rings. The Morgan fingerprint density at radius 1 is 1.32 bits per heavy atom. The minimum Gasteiger partial charge on any atom is -0.461 e. The van der Waals surface area contributed by atoms with Gasteiger partial charge in [-0.25, -0.2) is 0 Å². The summed E-state index contributed by atoms with van der Waals surface area (Å²) in [5, 5.41) is 3.17. The number of ether oxygens (including phenoxy) is 2. The number of nitrogens with one attached hydrogen (secondary N) is 1. The second kappa shape index (κ2) is 6.56. The van der Waals surface area contributed by atoms with E-state index in [1.165, 1.54) is 13.0 Å². The molecule has 1 aromatic rings. The van der Waals surface area contributed by atoms with Crippen molar-refractivity contribution in [2.45, 2.75) is 38.7 Å². The number of hydrogen-bond acceptors (Lipinski definition) is 4. The molecule has 0 saturated carbocycles. The highest BCUT2D eigenvalue weighted by atomic mass is 19.4. The predicted octanol–water partition coefficient (Wildman–Crippen LogP) is 2.90. The first kappa shape index (κ1) is 16.6. The van der Waals surface area contributed by atoms with Crippen molar-refractivity contribution >= 4 is 5.97 Å². The molecule has 0 aliphatic carbocycles. The number of rotatable bonds is 3. The monoisotopic (exact) mass is 317 g/mol. The molecule has 1 aromatic carbocycles. The molecule has 0 bridgehead atoms. The Morgan fingerprint density at radius 3 is 2.64 bits per heavy atom. The standard InChI is InChI=1S/C15H18F3NO3/c1-9-5-11(3-4-14(9)22-15(16,17)18)12-6-13(8-19-7-12)21-10(2)20/h3-5,12-13,19H,6-8H2,1-2H3. The van der Waals surface area contributed by atoms with Crippen LogP contribution in [0.15, 0.2) is 18.2 Å². The van der Waals surface area contributed by atoms with Crippen molar-refractivity contribution in [2.75, 3.05) is 13.1 Å². The molecule has 1 saturated heterocycles. The van der Waals surface area contributed by atoms with Crippen molar-refractivity contribution in [1.82, 2.24) is 5.32 Å². The van der Waals surface area contributed by atoms with Crippen LogP contribution in [0.1, 0.15) is 30.4 Å². The van der Waals surface area contributed by atoms with Crippen LogP contribution in [0, 0.1) is 6.92 Å². The number of carbonyl (C=O) groups excluding carboxylic acids is 1. The topological polar surface area (TPSA) is 47.6 Å². The van der Waals surface area contributed by atoms with Crippen LogP contribution in [0.2, 0.25) is 0 Å². The van der Waals surface area contributed by atoms with Crippen LogP contribution in [-0.2, 0) is 9.53 Å². The Hall–Kier alpha value is -1.76. The number of esters is 1. The van der Waals surface area contributed by atoms with E-state index >= 15 is 0 Å². The summed E-state index contributed by atoms with van der Waals surface area (Å²) in [5.41, 5.74) is 1.32. The number of halogens is 3. The molecule has 7 heteroatoms. The summed E-state index contributed by atoms with van der Waals surface area (Å²) < 4.78 is 46.0. The molecule has 1 aliphatic rings. The normalized spacial score (nSPS) is 22.2. The van der Waals surface area contributed by atoms with Crippen LogP contribution in [-0.4, -0.2) is 31.5 Å². The van der Waals surface area contributed by atoms with E-state index in [2.05, 4.69) is 10.1 Å². The molecule has 1 aliphatic heterocycles. The number of alkyl halides is 3. The van der Waals surface area contributed by atoms with Gasteiger partial charge in [-0.05, 0) is 36.5 Å². The molecule has 0 amide bonds. The largest absolute Gasteiger partial charge is 0.573 e. The molecule has 22 heavy (non-hydrogen) atoms. The van der Waals surface area contributed by atoms with E-state index in [4.69, 9.17) is 4.74 Å². The smallest absolute Gasteiger partial charge is 0.461 e. The van der Waals surface area contributed by atoms with Crippen LogP contribution >= 0.6 is 0 Å². The minimum atomic E-state index is -4.70. The van der Waals surface area contributed by atoms with E-state index < -0.39 is 6.36 Å². The maximum Gasteiger partial charge on any atom is 0.573 e. The average molecular weight is 317 g/mol. The SMILES string of the molecule is CC(=O)OC1CNCC(c2ccc(OC(F)(F)F)c(C)c2)C1. The predicted molar refractivity (Wildman–Crippen MR) is 73.6 cm³/mol. The molecule has 0 radical (unpaired) electrons. The van der Waals surface area contributed by atoms with Gasteiger partial charge in [-0.2, -0.15) is 0 Å². The molecule has 1 N–H and O–H groups in total. The second-order valence-electron chi connectivity index (χ2n) is 5.40. The fourth-order valence-corrected chi connectivity index (χ4v) is 2.65. The van der Waals surface area contributed by atoms with Gasteiger partial charge < -0.3 is 14.8 Å². The van der Waals surface area contributed by atoms with Crippen molar-refractivity contribution in [1.29, 1.82) is 0 Å². The Kier molecular flexibility index (Phi) is 4.95. The first-order valence-corrected chi connectivity index (χ1v) is 6.99. The van der Waals surface area contributed by atoms with Crippen molar-refractivity contribution in [3.63, 3.8) is 0 Å². The summed E-state index contributed by atoms with van der Waals surface area (Å²) in [5.74, 6) is -0.453. The second-order valence-corrected chi connectivity index (χ2v) is 5.40. The van der Waals surface area contributed by atoms with Crippen LogP contribution in [0.3, 0.4) is 0 Å². The lowest BCUT2D eigenvalue weighted by atomic mass is 9.89. The molecule has 2 atom stereocenters. The van der Waals surface area contributed by atoms with Crippen LogP contribution < -0.4 is 10.1 Å². The Labute approximate surface area is 126 Å². The van der Waals surface area contributed by atoms with Gasteiger partial charge in [-0.15, -0.1) is 13.2 Å². The van der Waals surface area contributed by atoms with Crippen molar-refractivity contribution < 1.29 is 27.4 Å². The lowest BCUT2D eigenvalue weighted by molar-refractivity contribution is -0.274. The molecule has 2 unspecified atom stereocenters. The van der Waals surface area contributed by atoms with Crippen molar-refractivity contribution in [3.05, 3.63) is 29.3 Å². The van der Waals surface area contributed by atoms with Gasteiger partial charge in [0.05, 0.1) is 0 Å². The van der Waals surface area contributed by atoms with E-state index in [1.807, 2.05) is 0 Å². The van der Waals surface area contributed by atoms with E-state index in [9.17, 15) is 18.0 Å². The van der Waals surface area contributed by atoms with Gasteiger partial charge >= 0.3 is 12.3 Å².